The van der Waals surface area contributed by atoms with Crippen LogP contribution in [0, 0.1) is 6.92 Å². The number of aromatic hydroxyl groups is 1. The fourth-order valence-corrected chi connectivity index (χ4v) is 3.29. The van der Waals surface area contributed by atoms with Crippen molar-refractivity contribution < 1.29 is 9.90 Å². The minimum Gasteiger partial charge on any atom is -0.506 e. The molecule has 21 heavy (non-hydrogen) atoms. The first-order valence-corrected chi connectivity index (χ1v) is 7.91. The Morgan fingerprint density at radius 1 is 1.48 bits per heavy atom. The number of carbonyl (C=O) groups is 1. The molecule has 1 aliphatic rings. The first-order chi connectivity index (χ1) is 9.95. The molecule has 0 aliphatic carbocycles. The quantitative estimate of drug-likeness (QED) is 0.891. The van der Waals surface area contributed by atoms with Gasteiger partial charge in [-0.2, -0.15) is 0 Å². The van der Waals surface area contributed by atoms with Crippen LogP contribution in [0.25, 0.3) is 0 Å². The summed E-state index contributed by atoms with van der Waals surface area (Å²) in [6.07, 6.45) is 2.23. The molecule has 1 aromatic carbocycles. The monoisotopic (exact) mass is 329 g/mol. The van der Waals surface area contributed by atoms with Crippen LogP contribution in [0.1, 0.15) is 35.7 Å². The predicted octanol–water partition coefficient (Wildman–Crippen LogP) is 3.22. The molecule has 0 radical (unpaired) electrons. The van der Waals surface area contributed by atoms with Crippen LogP contribution in [0.2, 0.25) is 10.0 Å². The number of phenolic OH excluding ortho intramolecular Hbond substituents is 1. The highest BCUT2D eigenvalue weighted by Gasteiger charge is 2.25. The molecule has 1 aliphatic heterocycles. The van der Waals surface area contributed by atoms with Gasteiger partial charge in [0.1, 0.15) is 5.75 Å². The highest BCUT2D eigenvalue weighted by molar-refractivity contribution is 6.37. The minimum atomic E-state index is -0.336. The number of likely N-dealkylation sites (tertiary alicyclic amines) is 1. The fraction of sp³-hybridized carbons (Fsp3) is 0.533. The first-order valence-electron chi connectivity index (χ1n) is 7.15. The first kappa shape index (κ1) is 16.4. The number of amides is 1. The van der Waals surface area contributed by atoms with Crippen LogP contribution in [0.15, 0.2) is 6.07 Å². The van der Waals surface area contributed by atoms with E-state index in [-0.39, 0.29) is 22.2 Å². The number of phenols is 1. The summed E-state index contributed by atoms with van der Waals surface area (Å²) in [6, 6.07) is 1.80. The van der Waals surface area contributed by atoms with Gasteiger partial charge < -0.3 is 10.4 Å². The molecule has 1 fully saturated rings. The Hall–Kier alpha value is -0.970. The van der Waals surface area contributed by atoms with Gasteiger partial charge in [0.15, 0.2) is 0 Å². The number of nitrogens with one attached hydrogen (secondary N) is 1. The molecular weight excluding hydrogens is 310 g/mol. The third kappa shape index (κ3) is 3.44. The van der Waals surface area contributed by atoms with E-state index >= 15 is 0 Å². The average Bonchev–Trinajstić information content (AvgIpc) is 2.90. The van der Waals surface area contributed by atoms with Crippen LogP contribution in [0.5, 0.6) is 5.75 Å². The van der Waals surface area contributed by atoms with Gasteiger partial charge in [0.05, 0.1) is 10.6 Å². The van der Waals surface area contributed by atoms with E-state index in [9.17, 15) is 9.90 Å². The van der Waals surface area contributed by atoms with E-state index in [1.807, 2.05) is 0 Å². The van der Waals surface area contributed by atoms with Gasteiger partial charge in [-0.05, 0) is 44.5 Å². The fourth-order valence-electron chi connectivity index (χ4n) is 2.82. The van der Waals surface area contributed by atoms with E-state index in [0.29, 0.717) is 23.2 Å². The largest absolute Gasteiger partial charge is 0.506 e. The standard InChI is InChI=1S/C15H20Cl2N2O2/c1-3-19-6-4-5-10(19)8-18-15(21)13-9(2)11(16)7-12(17)14(13)20/h7,10,20H,3-6,8H2,1-2H3,(H,18,21)/i2-1. The lowest BCUT2D eigenvalue weighted by Crippen LogP contribution is -2.40. The Kier molecular flexibility index (Phi) is 5.36. The number of rotatable bonds is 4. The summed E-state index contributed by atoms with van der Waals surface area (Å²) in [6.45, 7) is 6.43. The van der Waals surface area contributed by atoms with Crippen molar-refractivity contribution in [1.29, 1.82) is 0 Å². The molecule has 2 rings (SSSR count). The zero-order chi connectivity index (χ0) is 15.6. The molecule has 0 saturated carbocycles. The second-order valence-corrected chi connectivity index (χ2v) is 6.14. The molecule has 4 nitrogen and oxygen atoms in total. The van der Waals surface area contributed by atoms with E-state index in [4.69, 9.17) is 23.2 Å². The van der Waals surface area contributed by atoms with Crippen molar-refractivity contribution in [2.24, 2.45) is 0 Å². The van der Waals surface area contributed by atoms with Gasteiger partial charge >= 0.3 is 0 Å². The van der Waals surface area contributed by atoms with Crippen LogP contribution in [0.4, 0.5) is 0 Å². The second-order valence-electron chi connectivity index (χ2n) is 5.32. The van der Waals surface area contributed by atoms with E-state index in [1.54, 1.807) is 6.92 Å². The lowest BCUT2D eigenvalue weighted by molar-refractivity contribution is 0.0938. The maximum Gasteiger partial charge on any atom is 0.255 e. The van der Waals surface area contributed by atoms with Crippen molar-refractivity contribution in [1.82, 2.24) is 10.2 Å². The normalized spacial score (nSPS) is 19.0. The molecule has 1 heterocycles. The van der Waals surface area contributed by atoms with Crippen LogP contribution in [-0.4, -0.2) is 41.6 Å². The van der Waals surface area contributed by atoms with Crippen molar-refractivity contribution in [3.63, 3.8) is 0 Å². The molecule has 2 N–H and O–H groups in total. The molecule has 0 spiro atoms. The Morgan fingerprint density at radius 2 is 2.19 bits per heavy atom. The van der Waals surface area contributed by atoms with Crippen LogP contribution >= 0.6 is 23.2 Å². The number of carbonyl (C=O) groups excluding carboxylic acids is 1. The number of hydrogen-bond acceptors (Lipinski definition) is 3. The molecule has 1 saturated heterocycles. The van der Waals surface area contributed by atoms with Crippen molar-refractivity contribution in [2.45, 2.75) is 32.7 Å². The third-order valence-electron chi connectivity index (χ3n) is 4.08. The van der Waals surface area contributed by atoms with Crippen LogP contribution in [0.3, 0.4) is 0 Å². The van der Waals surface area contributed by atoms with Crippen molar-refractivity contribution in [3.8, 4) is 5.75 Å². The Bertz CT molecular complexity index is 523. The minimum absolute atomic E-state index is 0.0896. The zero-order valence-electron chi connectivity index (χ0n) is 12.2. The molecule has 1 aromatic rings. The van der Waals surface area contributed by atoms with E-state index in [1.165, 1.54) is 6.07 Å². The molecule has 6 heteroatoms. The summed E-state index contributed by atoms with van der Waals surface area (Å²) < 4.78 is 0. The maximum absolute atomic E-state index is 12.3. The SMILES string of the molecule is CCN1CCCC1CNC(=O)c1c([11CH3])c(Cl)cc(Cl)c1O. The van der Waals surface area contributed by atoms with Crippen molar-refractivity contribution in [3.05, 3.63) is 27.2 Å². The number of hydrogen-bond donors (Lipinski definition) is 2. The Morgan fingerprint density at radius 3 is 2.86 bits per heavy atom. The van der Waals surface area contributed by atoms with E-state index in [2.05, 4.69) is 17.1 Å². The highest BCUT2D eigenvalue weighted by Crippen LogP contribution is 2.34. The van der Waals surface area contributed by atoms with Crippen LogP contribution < -0.4 is 5.32 Å². The number of benzene rings is 1. The molecule has 0 aromatic heterocycles. The van der Waals surface area contributed by atoms with E-state index in [0.717, 1.165) is 25.9 Å². The van der Waals surface area contributed by atoms with Gasteiger partial charge in [0, 0.05) is 17.6 Å². The molecule has 1 amide bonds. The Balaban J connectivity index is 2.11. The van der Waals surface area contributed by atoms with Gasteiger partial charge in [0.25, 0.3) is 5.91 Å². The average molecular weight is 330 g/mol. The molecule has 0 bridgehead atoms. The second kappa shape index (κ2) is 6.86. The summed E-state index contributed by atoms with van der Waals surface area (Å²) in [4.78, 5) is 14.7. The molecule has 1 unspecified atom stereocenters. The molecular formula is C15H20Cl2N2O2. The summed E-state index contributed by atoms with van der Waals surface area (Å²) in [5.74, 6) is -0.549. The van der Waals surface area contributed by atoms with Gasteiger partial charge in [-0.3, -0.25) is 9.69 Å². The Labute approximate surface area is 135 Å². The van der Waals surface area contributed by atoms with Crippen molar-refractivity contribution >= 4 is 29.1 Å². The highest BCUT2D eigenvalue weighted by atomic mass is 35.5. The lowest BCUT2D eigenvalue weighted by atomic mass is 9.95. The van der Waals surface area contributed by atoms with Gasteiger partial charge in [-0.25, -0.2) is 0 Å². The van der Waals surface area contributed by atoms with Gasteiger partial charge in [-0.1, -0.05) is 30.1 Å². The number of likely N-dealkylation sites (N-methyl/N-ethyl adjacent to an activating group) is 1. The summed E-state index contributed by atoms with van der Waals surface area (Å²) in [5, 5.41) is 13.3. The van der Waals surface area contributed by atoms with E-state index < -0.39 is 0 Å². The summed E-state index contributed by atoms with van der Waals surface area (Å²) in [7, 11) is 0. The molecule has 116 valence electrons. The summed E-state index contributed by atoms with van der Waals surface area (Å²) in [5.41, 5.74) is 0.698. The maximum atomic E-state index is 12.3. The topological polar surface area (TPSA) is 52.6 Å². The predicted molar refractivity (Wildman–Crippen MR) is 85.5 cm³/mol. The molecule has 1 atom stereocenters. The summed E-state index contributed by atoms with van der Waals surface area (Å²) >= 11 is 11.9. The van der Waals surface area contributed by atoms with Gasteiger partial charge in [0.2, 0.25) is 0 Å². The van der Waals surface area contributed by atoms with Crippen molar-refractivity contribution in [2.75, 3.05) is 19.6 Å². The third-order valence-corrected chi connectivity index (χ3v) is 4.76. The van der Waals surface area contributed by atoms with Gasteiger partial charge in [-0.15, -0.1) is 0 Å². The lowest BCUT2D eigenvalue weighted by Gasteiger charge is -2.23. The van der Waals surface area contributed by atoms with Crippen LogP contribution in [-0.2, 0) is 0 Å². The smallest absolute Gasteiger partial charge is 0.255 e. The number of halogens is 2. The zero-order valence-corrected chi connectivity index (χ0v) is 13.8. The number of nitrogens with zero attached hydrogens (tertiary/aromatic N) is 1.